The van der Waals surface area contributed by atoms with Gasteiger partial charge in [-0.3, -0.25) is 4.79 Å². The van der Waals surface area contributed by atoms with Gasteiger partial charge in [0.25, 0.3) is 0 Å². The van der Waals surface area contributed by atoms with Crippen molar-refractivity contribution in [1.82, 2.24) is 0 Å². The van der Waals surface area contributed by atoms with Crippen LogP contribution in [0.3, 0.4) is 0 Å². The Kier molecular flexibility index (Phi) is 3.76. The number of carboxylic acid groups (broad SMARTS) is 1. The summed E-state index contributed by atoms with van der Waals surface area (Å²) in [5.41, 5.74) is 0. The van der Waals surface area contributed by atoms with Gasteiger partial charge in [0.15, 0.2) is 0 Å². The monoisotopic (exact) mass is 200 g/mol. The number of unbranched alkanes of at least 4 members (excludes halogenated alkanes) is 1. The number of carboxylic acids is 1. The number of aryl methyl sites for hydroxylation is 1. The summed E-state index contributed by atoms with van der Waals surface area (Å²) in [7, 11) is 0. The SMILES string of the molecule is O=C(O)CCCCc1cc(O)cs1. The van der Waals surface area contributed by atoms with Crippen LogP contribution in [-0.4, -0.2) is 16.2 Å². The minimum absolute atomic E-state index is 0.233. The van der Waals surface area contributed by atoms with Crippen molar-refractivity contribution in [3.63, 3.8) is 0 Å². The number of hydrogen-bond donors (Lipinski definition) is 2. The third-order valence-corrected chi connectivity index (χ3v) is 2.69. The van der Waals surface area contributed by atoms with E-state index < -0.39 is 5.97 Å². The molecule has 13 heavy (non-hydrogen) atoms. The van der Waals surface area contributed by atoms with Gasteiger partial charge in [0.2, 0.25) is 0 Å². The maximum atomic E-state index is 10.2. The Morgan fingerprint density at radius 2 is 2.23 bits per heavy atom. The van der Waals surface area contributed by atoms with E-state index >= 15 is 0 Å². The van der Waals surface area contributed by atoms with Crippen LogP contribution in [0.15, 0.2) is 11.4 Å². The summed E-state index contributed by atoms with van der Waals surface area (Å²) in [6, 6.07) is 1.73. The van der Waals surface area contributed by atoms with E-state index in [0.717, 1.165) is 17.7 Å². The average Bonchev–Trinajstić information content (AvgIpc) is 2.45. The molecule has 1 heterocycles. The molecule has 0 fully saturated rings. The zero-order valence-corrected chi connectivity index (χ0v) is 8.01. The highest BCUT2D eigenvalue weighted by atomic mass is 32.1. The van der Waals surface area contributed by atoms with Gasteiger partial charge in [-0.2, -0.15) is 0 Å². The van der Waals surface area contributed by atoms with Crippen LogP contribution in [0.25, 0.3) is 0 Å². The van der Waals surface area contributed by atoms with E-state index in [4.69, 9.17) is 10.2 Å². The molecule has 0 amide bonds. The molecule has 0 saturated carbocycles. The summed E-state index contributed by atoms with van der Waals surface area (Å²) in [6.07, 6.45) is 2.66. The van der Waals surface area contributed by atoms with Gasteiger partial charge in [-0.05, 0) is 25.3 Å². The summed E-state index contributed by atoms with van der Waals surface area (Å²) in [5.74, 6) is -0.438. The van der Waals surface area contributed by atoms with Crippen molar-refractivity contribution in [3.05, 3.63) is 16.3 Å². The van der Waals surface area contributed by atoms with Gasteiger partial charge in [0.05, 0.1) is 0 Å². The van der Waals surface area contributed by atoms with Gasteiger partial charge in [-0.25, -0.2) is 0 Å². The van der Waals surface area contributed by atoms with Gasteiger partial charge >= 0.3 is 5.97 Å². The van der Waals surface area contributed by atoms with E-state index in [1.165, 1.54) is 11.3 Å². The zero-order valence-electron chi connectivity index (χ0n) is 7.19. The minimum Gasteiger partial charge on any atom is -0.507 e. The van der Waals surface area contributed by atoms with Crippen LogP contribution in [-0.2, 0) is 11.2 Å². The highest BCUT2D eigenvalue weighted by molar-refractivity contribution is 7.10. The van der Waals surface area contributed by atoms with E-state index in [1.54, 1.807) is 11.4 Å². The van der Waals surface area contributed by atoms with Crippen molar-refractivity contribution < 1.29 is 15.0 Å². The van der Waals surface area contributed by atoms with E-state index in [1.807, 2.05) is 0 Å². The Labute approximate surface area is 80.6 Å². The number of aliphatic carboxylic acids is 1. The molecule has 1 aromatic rings. The van der Waals surface area contributed by atoms with Crippen LogP contribution in [0, 0.1) is 0 Å². The maximum absolute atomic E-state index is 10.2. The Morgan fingerprint density at radius 3 is 2.77 bits per heavy atom. The Bertz CT molecular complexity index is 280. The molecular weight excluding hydrogens is 188 g/mol. The van der Waals surface area contributed by atoms with Crippen molar-refractivity contribution in [2.24, 2.45) is 0 Å². The second-order valence-corrected chi connectivity index (χ2v) is 3.87. The maximum Gasteiger partial charge on any atom is 0.303 e. The molecule has 0 radical (unpaired) electrons. The lowest BCUT2D eigenvalue weighted by Crippen LogP contribution is -1.94. The molecule has 1 rings (SSSR count). The number of carbonyl (C=O) groups is 1. The van der Waals surface area contributed by atoms with E-state index in [0.29, 0.717) is 12.2 Å². The van der Waals surface area contributed by atoms with Gasteiger partial charge < -0.3 is 10.2 Å². The minimum atomic E-state index is -0.742. The van der Waals surface area contributed by atoms with E-state index in [-0.39, 0.29) is 6.42 Å². The lowest BCUT2D eigenvalue weighted by atomic mass is 10.2. The standard InChI is InChI=1S/C9H12O3S/c10-7-5-8(13-6-7)3-1-2-4-9(11)12/h5-6,10H,1-4H2,(H,11,12). The van der Waals surface area contributed by atoms with Crippen molar-refractivity contribution in [2.75, 3.05) is 0 Å². The fraction of sp³-hybridized carbons (Fsp3) is 0.444. The molecule has 0 spiro atoms. The molecule has 0 aliphatic carbocycles. The topological polar surface area (TPSA) is 57.5 Å². The second-order valence-electron chi connectivity index (χ2n) is 2.87. The van der Waals surface area contributed by atoms with Crippen LogP contribution in [0.4, 0.5) is 0 Å². The number of aromatic hydroxyl groups is 1. The summed E-state index contributed by atoms with van der Waals surface area (Å²) in [5, 5.41) is 19.1. The largest absolute Gasteiger partial charge is 0.507 e. The van der Waals surface area contributed by atoms with Crippen molar-refractivity contribution in [1.29, 1.82) is 0 Å². The van der Waals surface area contributed by atoms with Gasteiger partial charge in [0, 0.05) is 16.7 Å². The van der Waals surface area contributed by atoms with Crippen LogP contribution in [0.1, 0.15) is 24.1 Å². The van der Waals surface area contributed by atoms with E-state index in [9.17, 15) is 4.79 Å². The third-order valence-electron chi connectivity index (χ3n) is 1.70. The first-order valence-electron chi connectivity index (χ1n) is 4.16. The summed E-state index contributed by atoms with van der Waals surface area (Å²) >= 11 is 1.51. The molecule has 3 nitrogen and oxygen atoms in total. The second kappa shape index (κ2) is 4.87. The summed E-state index contributed by atoms with van der Waals surface area (Å²) in [6.45, 7) is 0. The number of hydrogen-bond acceptors (Lipinski definition) is 3. The smallest absolute Gasteiger partial charge is 0.303 e. The molecule has 0 atom stereocenters. The highest BCUT2D eigenvalue weighted by Gasteiger charge is 2.00. The summed E-state index contributed by atoms with van der Waals surface area (Å²) < 4.78 is 0. The molecule has 0 bridgehead atoms. The van der Waals surface area contributed by atoms with Gasteiger partial charge in [-0.1, -0.05) is 0 Å². The van der Waals surface area contributed by atoms with E-state index in [2.05, 4.69) is 0 Å². The zero-order chi connectivity index (χ0) is 9.68. The quantitative estimate of drug-likeness (QED) is 0.717. The Morgan fingerprint density at radius 1 is 1.46 bits per heavy atom. The molecule has 72 valence electrons. The van der Waals surface area contributed by atoms with Crippen LogP contribution >= 0.6 is 11.3 Å². The fourth-order valence-electron chi connectivity index (χ4n) is 1.08. The lowest BCUT2D eigenvalue weighted by Gasteiger charge is -1.95. The first-order chi connectivity index (χ1) is 6.18. The molecular formula is C9H12O3S. The first kappa shape index (κ1) is 10.1. The Hall–Kier alpha value is -1.03. The molecule has 2 N–H and O–H groups in total. The van der Waals surface area contributed by atoms with Crippen molar-refractivity contribution in [2.45, 2.75) is 25.7 Å². The molecule has 0 aliphatic rings. The molecule has 0 aromatic carbocycles. The molecule has 0 aliphatic heterocycles. The molecule has 0 saturated heterocycles. The number of thiophene rings is 1. The normalized spacial score (nSPS) is 10.2. The lowest BCUT2D eigenvalue weighted by molar-refractivity contribution is -0.137. The predicted molar refractivity (Wildman–Crippen MR) is 51.2 cm³/mol. The van der Waals surface area contributed by atoms with Crippen LogP contribution < -0.4 is 0 Å². The highest BCUT2D eigenvalue weighted by Crippen LogP contribution is 2.21. The molecule has 1 aromatic heterocycles. The third kappa shape index (κ3) is 3.94. The Balaban J connectivity index is 2.16. The van der Waals surface area contributed by atoms with Gasteiger partial charge in [-0.15, -0.1) is 11.3 Å². The molecule has 0 unspecified atom stereocenters. The van der Waals surface area contributed by atoms with Crippen LogP contribution in [0.2, 0.25) is 0 Å². The fourth-order valence-corrected chi connectivity index (χ4v) is 1.87. The molecule has 4 heteroatoms. The van der Waals surface area contributed by atoms with Crippen LogP contribution in [0.5, 0.6) is 5.75 Å². The average molecular weight is 200 g/mol. The predicted octanol–water partition coefficient (Wildman–Crippen LogP) is 2.25. The van der Waals surface area contributed by atoms with Crippen molar-refractivity contribution >= 4 is 17.3 Å². The number of rotatable bonds is 5. The first-order valence-corrected chi connectivity index (χ1v) is 5.04. The van der Waals surface area contributed by atoms with Gasteiger partial charge in [0.1, 0.15) is 5.75 Å². The summed E-state index contributed by atoms with van der Waals surface area (Å²) in [4.78, 5) is 11.3. The van der Waals surface area contributed by atoms with Crippen molar-refractivity contribution in [3.8, 4) is 5.75 Å².